The Balaban J connectivity index is 1.36. The van der Waals surface area contributed by atoms with Gasteiger partial charge >= 0.3 is 5.97 Å². The maximum Gasteiger partial charge on any atom is 0.308 e. The first-order chi connectivity index (χ1) is 13.0. The number of carboxylic acids is 1. The molecule has 4 nitrogen and oxygen atoms in total. The van der Waals surface area contributed by atoms with Gasteiger partial charge in [0.15, 0.2) is 0 Å². The molecule has 1 amide bonds. The third kappa shape index (κ3) is 3.36. The van der Waals surface area contributed by atoms with Crippen molar-refractivity contribution in [3.63, 3.8) is 0 Å². The van der Waals surface area contributed by atoms with Crippen LogP contribution in [0.3, 0.4) is 0 Å². The van der Waals surface area contributed by atoms with Gasteiger partial charge in [0.05, 0.1) is 5.92 Å². The molecule has 0 radical (unpaired) electrons. The SMILES string of the molecule is CC1C(C(=O)O)CCN1C(=O)CCCc1ccc2c(c1)-c1ccccc1C2. The van der Waals surface area contributed by atoms with E-state index in [1.165, 1.54) is 27.8 Å². The van der Waals surface area contributed by atoms with Crippen molar-refractivity contribution in [3.8, 4) is 11.1 Å². The van der Waals surface area contributed by atoms with Crippen LogP contribution in [0.4, 0.5) is 0 Å². The minimum atomic E-state index is -0.795. The summed E-state index contributed by atoms with van der Waals surface area (Å²) >= 11 is 0. The zero-order valence-corrected chi connectivity index (χ0v) is 15.6. The molecule has 0 bridgehead atoms. The number of aliphatic carboxylic acids is 1. The number of carbonyl (C=O) groups is 2. The van der Waals surface area contributed by atoms with Crippen molar-refractivity contribution in [3.05, 3.63) is 59.2 Å². The summed E-state index contributed by atoms with van der Waals surface area (Å²) in [5.41, 5.74) is 6.68. The molecule has 1 aliphatic carbocycles. The molecular weight excluding hydrogens is 338 g/mol. The molecule has 0 spiro atoms. The normalized spacial score (nSPS) is 20.4. The van der Waals surface area contributed by atoms with E-state index >= 15 is 0 Å². The molecule has 2 aromatic carbocycles. The summed E-state index contributed by atoms with van der Waals surface area (Å²) in [6, 6.07) is 15.0. The van der Waals surface area contributed by atoms with Crippen molar-refractivity contribution in [2.75, 3.05) is 6.54 Å². The van der Waals surface area contributed by atoms with Gasteiger partial charge in [0.2, 0.25) is 5.91 Å². The second-order valence-corrected chi connectivity index (χ2v) is 7.74. The third-order valence-corrected chi connectivity index (χ3v) is 6.11. The molecule has 2 aliphatic rings. The number of carbonyl (C=O) groups excluding carboxylic acids is 1. The third-order valence-electron chi connectivity index (χ3n) is 6.11. The summed E-state index contributed by atoms with van der Waals surface area (Å²) in [5.74, 6) is -1.14. The molecule has 2 aromatic rings. The Bertz CT molecular complexity index is 889. The van der Waals surface area contributed by atoms with Crippen LogP contribution in [0.5, 0.6) is 0 Å². The van der Waals surface area contributed by atoms with E-state index < -0.39 is 11.9 Å². The molecule has 0 saturated carbocycles. The Morgan fingerprint density at radius 3 is 2.67 bits per heavy atom. The lowest BCUT2D eigenvalue weighted by molar-refractivity contribution is -0.143. The molecule has 1 fully saturated rings. The predicted octanol–water partition coefficient (Wildman–Crippen LogP) is 3.90. The summed E-state index contributed by atoms with van der Waals surface area (Å²) in [6.07, 6.45) is 3.70. The van der Waals surface area contributed by atoms with Crippen LogP contribution >= 0.6 is 0 Å². The zero-order chi connectivity index (χ0) is 19.0. The molecule has 2 atom stereocenters. The van der Waals surface area contributed by atoms with Crippen LogP contribution in [0.25, 0.3) is 11.1 Å². The van der Waals surface area contributed by atoms with Crippen LogP contribution in [0, 0.1) is 5.92 Å². The molecule has 1 N–H and O–H groups in total. The summed E-state index contributed by atoms with van der Waals surface area (Å²) in [6.45, 7) is 2.41. The lowest BCUT2D eigenvalue weighted by Gasteiger charge is -2.23. The average Bonchev–Trinajstić information content (AvgIpc) is 3.22. The van der Waals surface area contributed by atoms with Gasteiger partial charge in [0, 0.05) is 19.0 Å². The van der Waals surface area contributed by atoms with Crippen molar-refractivity contribution in [2.45, 2.75) is 45.1 Å². The summed E-state index contributed by atoms with van der Waals surface area (Å²) in [5, 5.41) is 9.22. The number of nitrogens with zero attached hydrogens (tertiary/aromatic N) is 1. The van der Waals surface area contributed by atoms with Crippen LogP contribution in [-0.2, 0) is 22.4 Å². The summed E-state index contributed by atoms with van der Waals surface area (Å²) in [4.78, 5) is 25.5. The van der Waals surface area contributed by atoms with Gasteiger partial charge in [-0.25, -0.2) is 0 Å². The molecule has 1 aliphatic heterocycles. The highest BCUT2D eigenvalue weighted by molar-refractivity contribution is 5.79. The van der Waals surface area contributed by atoms with Crippen molar-refractivity contribution in [1.82, 2.24) is 4.90 Å². The van der Waals surface area contributed by atoms with E-state index in [2.05, 4.69) is 42.5 Å². The highest BCUT2D eigenvalue weighted by atomic mass is 16.4. The molecule has 1 saturated heterocycles. The van der Waals surface area contributed by atoms with E-state index in [9.17, 15) is 14.7 Å². The molecule has 0 aromatic heterocycles. The summed E-state index contributed by atoms with van der Waals surface area (Å²) < 4.78 is 0. The van der Waals surface area contributed by atoms with Gasteiger partial charge in [0.1, 0.15) is 0 Å². The number of aryl methyl sites for hydroxylation is 1. The van der Waals surface area contributed by atoms with Gasteiger partial charge in [-0.15, -0.1) is 0 Å². The van der Waals surface area contributed by atoms with E-state index in [-0.39, 0.29) is 11.9 Å². The number of benzene rings is 2. The van der Waals surface area contributed by atoms with E-state index in [1.807, 2.05) is 6.92 Å². The van der Waals surface area contributed by atoms with Crippen LogP contribution in [-0.4, -0.2) is 34.5 Å². The second kappa shape index (κ2) is 7.18. The number of amides is 1. The summed E-state index contributed by atoms with van der Waals surface area (Å²) in [7, 11) is 0. The number of hydrogen-bond acceptors (Lipinski definition) is 2. The monoisotopic (exact) mass is 363 g/mol. The molecule has 1 heterocycles. The molecule has 4 heteroatoms. The Kier molecular flexibility index (Phi) is 4.73. The number of carboxylic acid groups (broad SMARTS) is 1. The van der Waals surface area contributed by atoms with Crippen molar-refractivity contribution < 1.29 is 14.7 Å². The number of fused-ring (bicyclic) bond motifs is 3. The topological polar surface area (TPSA) is 57.6 Å². The minimum Gasteiger partial charge on any atom is -0.481 e. The van der Waals surface area contributed by atoms with Gasteiger partial charge in [-0.05, 0) is 60.4 Å². The van der Waals surface area contributed by atoms with Crippen LogP contribution in [0.1, 0.15) is 42.9 Å². The van der Waals surface area contributed by atoms with E-state index in [1.54, 1.807) is 4.90 Å². The van der Waals surface area contributed by atoms with Gasteiger partial charge in [-0.2, -0.15) is 0 Å². The number of likely N-dealkylation sites (tertiary alicyclic amines) is 1. The maximum absolute atomic E-state index is 12.5. The fraction of sp³-hybridized carbons (Fsp3) is 0.391. The standard InChI is InChI=1S/C23H25NO3/c1-15-19(23(26)27)11-12-24(15)22(25)8-4-5-16-9-10-18-14-17-6-2-3-7-20(17)21(18)13-16/h2-3,6-7,9-10,13,15,19H,4-5,8,11-12,14H2,1H3,(H,26,27). The smallest absolute Gasteiger partial charge is 0.308 e. The lowest BCUT2D eigenvalue weighted by atomic mass is 9.99. The van der Waals surface area contributed by atoms with E-state index in [4.69, 9.17) is 0 Å². The number of rotatable bonds is 5. The molecular formula is C23H25NO3. The quantitative estimate of drug-likeness (QED) is 0.748. The van der Waals surface area contributed by atoms with Crippen molar-refractivity contribution >= 4 is 11.9 Å². The average molecular weight is 363 g/mol. The highest BCUT2D eigenvalue weighted by Crippen LogP contribution is 2.37. The number of hydrogen-bond donors (Lipinski definition) is 1. The first kappa shape index (κ1) is 17.8. The largest absolute Gasteiger partial charge is 0.481 e. The first-order valence-corrected chi connectivity index (χ1v) is 9.77. The fourth-order valence-corrected chi connectivity index (χ4v) is 4.54. The Hall–Kier alpha value is -2.62. The Morgan fingerprint density at radius 1 is 1.11 bits per heavy atom. The molecule has 4 rings (SSSR count). The van der Waals surface area contributed by atoms with Crippen molar-refractivity contribution in [2.24, 2.45) is 5.92 Å². The Labute approximate surface area is 159 Å². The van der Waals surface area contributed by atoms with Crippen molar-refractivity contribution in [1.29, 1.82) is 0 Å². The van der Waals surface area contributed by atoms with Crippen LogP contribution in [0.2, 0.25) is 0 Å². The second-order valence-electron chi connectivity index (χ2n) is 7.74. The molecule has 140 valence electrons. The van der Waals surface area contributed by atoms with Gasteiger partial charge < -0.3 is 10.0 Å². The fourth-order valence-electron chi connectivity index (χ4n) is 4.54. The van der Waals surface area contributed by atoms with Crippen LogP contribution < -0.4 is 0 Å². The van der Waals surface area contributed by atoms with Crippen LogP contribution in [0.15, 0.2) is 42.5 Å². The molecule has 2 unspecified atom stereocenters. The minimum absolute atomic E-state index is 0.0813. The maximum atomic E-state index is 12.5. The van der Waals surface area contributed by atoms with Gasteiger partial charge in [-0.3, -0.25) is 9.59 Å². The van der Waals surface area contributed by atoms with Gasteiger partial charge in [-0.1, -0.05) is 42.5 Å². The van der Waals surface area contributed by atoms with E-state index in [0.29, 0.717) is 19.4 Å². The molecule has 27 heavy (non-hydrogen) atoms. The van der Waals surface area contributed by atoms with E-state index in [0.717, 1.165) is 19.3 Å². The lowest BCUT2D eigenvalue weighted by Crippen LogP contribution is -2.37. The first-order valence-electron chi connectivity index (χ1n) is 9.77. The highest BCUT2D eigenvalue weighted by Gasteiger charge is 2.37. The van der Waals surface area contributed by atoms with Gasteiger partial charge in [0.25, 0.3) is 0 Å². The Morgan fingerprint density at radius 2 is 1.89 bits per heavy atom. The zero-order valence-electron chi connectivity index (χ0n) is 15.6. The predicted molar refractivity (Wildman–Crippen MR) is 105 cm³/mol.